The molecule has 1 amide bonds. The molecule has 1 unspecified atom stereocenters. The first-order valence-corrected chi connectivity index (χ1v) is 10.3. The molecule has 2 aliphatic rings. The molecular formula is C16H20N6O7S. The van der Waals surface area contributed by atoms with E-state index in [9.17, 15) is 13.2 Å². The second-order valence-electron chi connectivity index (χ2n) is 6.25. The topological polar surface area (TPSA) is 168 Å². The number of benzene rings is 1. The maximum atomic E-state index is 13.1. The van der Waals surface area contributed by atoms with Crippen LogP contribution in [-0.4, -0.2) is 83.7 Å². The van der Waals surface area contributed by atoms with Crippen LogP contribution in [0.4, 0.5) is 5.69 Å². The van der Waals surface area contributed by atoms with Crippen molar-refractivity contribution in [2.45, 2.75) is 17.9 Å². The second-order valence-corrected chi connectivity index (χ2v) is 8.18. The first-order valence-electron chi connectivity index (χ1n) is 8.86. The van der Waals surface area contributed by atoms with Gasteiger partial charge in [-0.05, 0) is 18.2 Å². The normalized spacial score (nSPS) is 19.1. The average Bonchev–Trinajstić information content (AvgIpc) is 3.28. The van der Waals surface area contributed by atoms with E-state index in [1.165, 1.54) is 28.3 Å². The van der Waals surface area contributed by atoms with Gasteiger partial charge in [-0.2, -0.15) is 9.52 Å². The van der Waals surface area contributed by atoms with E-state index in [0.29, 0.717) is 30.4 Å². The van der Waals surface area contributed by atoms with Gasteiger partial charge in [-0.3, -0.25) is 9.59 Å². The predicted octanol–water partition coefficient (Wildman–Crippen LogP) is -0.592. The van der Waals surface area contributed by atoms with Gasteiger partial charge < -0.3 is 19.5 Å². The van der Waals surface area contributed by atoms with Gasteiger partial charge >= 0.3 is 0 Å². The Kier molecular flexibility index (Phi) is 6.59. The molecule has 30 heavy (non-hydrogen) atoms. The van der Waals surface area contributed by atoms with Crippen molar-refractivity contribution in [3.8, 4) is 5.75 Å². The minimum Gasteiger partial charge on any atom is -0.490 e. The number of hydrogen-bond donors (Lipinski definition) is 2. The quantitative estimate of drug-likeness (QED) is 0.588. The van der Waals surface area contributed by atoms with Crippen molar-refractivity contribution in [2.75, 3.05) is 37.7 Å². The summed E-state index contributed by atoms with van der Waals surface area (Å²) in [7, 11) is -3.79. The Hall–Kier alpha value is -3.10. The van der Waals surface area contributed by atoms with Gasteiger partial charge in [0.25, 0.3) is 6.47 Å². The Morgan fingerprint density at radius 2 is 2.10 bits per heavy atom. The number of carbonyl (C=O) groups excluding carboxylic acids is 1. The zero-order chi connectivity index (χ0) is 21.7. The van der Waals surface area contributed by atoms with Crippen LogP contribution in [-0.2, 0) is 24.3 Å². The number of fused-ring (bicyclic) bond motifs is 1. The lowest BCUT2D eigenvalue weighted by Gasteiger charge is -2.32. The van der Waals surface area contributed by atoms with Gasteiger partial charge in [-0.1, -0.05) is 5.21 Å². The van der Waals surface area contributed by atoms with Crippen LogP contribution < -0.4 is 9.64 Å². The number of morpholine rings is 1. The third-order valence-electron chi connectivity index (χ3n) is 4.49. The van der Waals surface area contributed by atoms with Crippen molar-refractivity contribution in [2.24, 2.45) is 0 Å². The number of carboxylic acid groups (broad SMARTS) is 1. The molecule has 2 aliphatic heterocycles. The Morgan fingerprint density at radius 3 is 2.77 bits per heavy atom. The van der Waals surface area contributed by atoms with Crippen LogP contribution in [0.1, 0.15) is 18.9 Å². The summed E-state index contributed by atoms with van der Waals surface area (Å²) >= 11 is 0. The van der Waals surface area contributed by atoms with Gasteiger partial charge in [-0.25, -0.2) is 8.42 Å². The van der Waals surface area contributed by atoms with E-state index in [2.05, 4.69) is 20.6 Å². The lowest BCUT2D eigenvalue weighted by molar-refractivity contribution is -0.123. The van der Waals surface area contributed by atoms with Gasteiger partial charge in [0.2, 0.25) is 21.8 Å². The molecule has 0 saturated carbocycles. The number of carbonyl (C=O) groups is 2. The first kappa shape index (κ1) is 21.6. The summed E-state index contributed by atoms with van der Waals surface area (Å²) in [5.74, 6) is 0.621. The standard InChI is InChI=1S/C15H18N6O5S.CH2O2/c1-10(22)21-5-7-25-13-3-2-11(8-12(13)21)27(23,24)20-4-6-26-14(9-20)15-16-18-19-17-15;2-1-3/h2-3,8,14H,4-7,9H2,1H3,(H,16,17,18,19);1H,(H,2,3). The largest absolute Gasteiger partial charge is 0.490 e. The van der Waals surface area contributed by atoms with Crippen LogP contribution in [0.2, 0.25) is 0 Å². The SMILES string of the molecule is CC(=O)N1CCOc2ccc(S(=O)(=O)N3CCOC(c4nn[nH]n4)C3)cc21.O=CO. The number of tetrazole rings is 1. The number of anilines is 1. The molecule has 0 aliphatic carbocycles. The highest BCUT2D eigenvalue weighted by Crippen LogP contribution is 2.35. The van der Waals surface area contributed by atoms with Crippen LogP contribution >= 0.6 is 0 Å². The Morgan fingerprint density at radius 1 is 1.33 bits per heavy atom. The molecule has 1 aromatic carbocycles. The van der Waals surface area contributed by atoms with Gasteiger partial charge in [0.1, 0.15) is 18.5 Å². The molecule has 1 fully saturated rings. The number of aromatic amines is 1. The highest BCUT2D eigenvalue weighted by Gasteiger charge is 2.34. The number of ether oxygens (including phenoxy) is 2. The van der Waals surface area contributed by atoms with Crippen molar-refractivity contribution < 1.29 is 32.6 Å². The van der Waals surface area contributed by atoms with Gasteiger partial charge in [-0.15, -0.1) is 10.2 Å². The van der Waals surface area contributed by atoms with Crippen molar-refractivity contribution >= 4 is 28.1 Å². The van der Waals surface area contributed by atoms with Crippen LogP contribution in [0, 0.1) is 0 Å². The van der Waals surface area contributed by atoms with Crippen LogP contribution in [0.3, 0.4) is 0 Å². The summed E-state index contributed by atoms with van der Waals surface area (Å²) in [4.78, 5) is 21.8. The number of aromatic nitrogens is 4. The highest BCUT2D eigenvalue weighted by atomic mass is 32.2. The molecule has 0 spiro atoms. The summed E-state index contributed by atoms with van der Waals surface area (Å²) in [5, 5.41) is 20.4. The van der Waals surface area contributed by atoms with Crippen molar-refractivity contribution in [3.63, 3.8) is 0 Å². The summed E-state index contributed by atoms with van der Waals surface area (Å²) < 4.78 is 38.7. The third-order valence-corrected chi connectivity index (χ3v) is 6.35. The van der Waals surface area contributed by atoms with Crippen molar-refractivity contribution in [1.29, 1.82) is 0 Å². The van der Waals surface area contributed by atoms with Crippen LogP contribution in [0.15, 0.2) is 23.1 Å². The molecule has 14 heteroatoms. The van der Waals surface area contributed by atoms with Crippen LogP contribution in [0.25, 0.3) is 0 Å². The number of nitrogens with zero attached hydrogens (tertiary/aromatic N) is 5. The van der Waals surface area contributed by atoms with E-state index in [4.69, 9.17) is 19.4 Å². The number of nitrogens with one attached hydrogen (secondary N) is 1. The van der Waals surface area contributed by atoms with Gasteiger partial charge in [0, 0.05) is 20.0 Å². The molecule has 1 saturated heterocycles. The summed E-state index contributed by atoms with van der Waals surface area (Å²) in [6.45, 7) is 2.43. The first-order chi connectivity index (χ1) is 14.4. The lowest BCUT2D eigenvalue weighted by atomic mass is 10.2. The Labute approximate surface area is 171 Å². The smallest absolute Gasteiger partial charge is 0.290 e. The highest BCUT2D eigenvalue weighted by molar-refractivity contribution is 7.89. The number of H-pyrrole nitrogens is 1. The lowest BCUT2D eigenvalue weighted by Crippen LogP contribution is -2.42. The summed E-state index contributed by atoms with van der Waals surface area (Å²) in [6.07, 6.45) is -0.595. The minimum absolute atomic E-state index is 0.0753. The summed E-state index contributed by atoms with van der Waals surface area (Å²) in [5.41, 5.74) is 0.456. The van der Waals surface area contributed by atoms with E-state index in [0.717, 1.165) is 0 Å². The Bertz CT molecular complexity index is 998. The van der Waals surface area contributed by atoms with E-state index in [-0.39, 0.29) is 37.0 Å². The molecule has 162 valence electrons. The second kappa shape index (κ2) is 9.15. The van der Waals surface area contributed by atoms with Crippen molar-refractivity contribution in [1.82, 2.24) is 24.9 Å². The molecule has 13 nitrogen and oxygen atoms in total. The maximum Gasteiger partial charge on any atom is 0.290 e. The van der Waals surface area contributed by atoms with E-state index < -0.39 is 16.1 Å². The number of rotatable bonds is 3. The molecule has 1 aromatic heterocycles. The summed E-state index contributed by atoms with van der Waals surface area (Å²) in [6, 6.07) is 4.54. The molecule has 0 bridgehead atoms. The van der Waals surface area contributed by atoms with E-state index >= 15 is 0 Å². The molecule has 4 rings (SSSR count). The Balaban J connectivity index is 0.000000806. The fourth-order valence-electron chi connectivity index (χ4n) is 3.14. The third kappa shape index (κ3) is 4.39. The zero-order valence-electron chi connectivity index (χ0n) is 16.0. The fraction of sp³-hybridized carbons (Fsp3) is 0.438. The maximum absolute atomic E-state index is 13.1. The number of hydrogen-bond acceptors (Lipinski definition) is 9. The molecule has 2 N–H and O–H groups in total. The fourth-order valence-corrected chi connectivity index (χ4v) is 4.59. The molecule has 3 heterocycles. The van der Waals surface area contributed by atoms with Crippen molar-refractivity contribution in [3.05, 3.63) is 24.0 Å². The number of sulfonamides is 1. The van der Waals surface area contributed by atoms with E-state index in [1.54, 1.807) is 6.07 Å². The zero-order valence-corrected chi connectivity index (χ0v) is 16.8. The number of amides is 1. The minimum atomic E-state index is -3.79. The van der Waals surface area contributed by atoms with Gasteiger partial charge in [0.05, 0.1) is 23.7 Å². The molecular weight excluding hydrogens is 420 g/mol. The molecule has 0 radical (unpaired) electrons. The van der Waals surface area contributed by atoms with Crippen LogP contribution in [0.5, 0.6) is 5.75 Å². The van der Waals surface area contributed by atoms with E-state index in [1.807, 2.05) is 0 Å². The molecule has 2 aromatic rings. The van der Waals surface area contributed by atoms with Gasteiger partial charge in [0.15, 0.2) is 0 Å². The average molecular weight is 440 g/mol. The molecule has 1 atom stereocenters. The predicted molar refractivity (Wildman–Crippen MR) is 100 cm³/mol. The monoisotopic (exact) mass is 440 g/mol.